The number of hydrogen-bond acceptors (Lipinski definition) is 1. The van der Waals surface area contributed by atoms with Crippen molar-refractivity contribution in [3.05, 3.63) is 35.9 Å². The highest BCUT2D eigenvalue weighted by Crippen LogP contribution is 2.32. The third-order valence-corrected chi connectivity index (χ3v) is 3.07. The Balaban J connectivity index is 2.26. The van der Waals surface area contributed by atoms with Gasteiger partial charge in [-0.2, -0.15) is 0 Å². The van der Waals surface area contributed by atoms with Crippen LogP contribution < -0.4 is 5.32 Å². The molecular weight excluding hydrogens is 158 g/mol. The van der Waals surface area contributed by atoms with Crippen LogP contribution in [0.3, 0.4) is 0 Å². The summed E-state index contributed by atoms with van der Waals surface area (Å²) in [6.45, 7) is 5.71. The molecule has 1 aromatic carbocycles. The molecular formula is C12H17N. The van der Waals surface area contributed by atoms with Crippen LogP contribution in [0.25, 0.3) is 0 Å². The average Bonchev–Trinajstić information content (AvgIpc) is 2.49. The molecule has 1 fully saturated rings. The number of rotatable bonds is 1. The van der Waals surface area contributed by atoms with Crippen LogP contribution in [0.5, 0.6) is 0 Å². The quantitative estimate of drug-likeness (QED) is 0.690. The fourth-order valence-electron chi connectivity index (χ4n) is 2.28. The topological polar surface area (TPSA) is 12.0 Å². The van der Waals surface area contributed by atoms with Gasteiger partial charge in [-0.25, -0.2) is 0 Å². The Labute approximate surface area is 80.2 Å². The van der Waals surface area contributed by atoms with Gasteiger partial charge in [-0.1, -0.05) is 37.3 Å². The molecule has 70 valence electrons. The molecule has 1 aliphatic heterocycles. The molecule has 0 aliphatic carbocycles. The van der Waals surface area contributed by atoms with Crippen LogP contribution >= 0.6 is 0 Å². The lowest BCUT2D eigenvalue weighted by Gasteiger charge is -2.23. The third kappa shape index (κ3) is 1.61. The minimum atomic E-state index is 0.348. The summed E-state index contributed by atoms with van der Waals surface area (Å²) in [6, 6.07) is 11.5. The minimum absolute atomic E-state index is 0.348. The van der Waals surface area contributed by atoms with E-state index in [1.165, 1.54) is 12.0 Å². The Morgan fingerprint density at radius 3 is 2.54 bits per heavy atom. The molecule has 1 heteroatoms. The Hall–Kier alpha value is -0.820. The summed E-state index contributed by atoms with van der Waals surface area (Å²) in [5.41, 5.74) is 1.81. The van der Waals surface area contributed by atoms with Gasteiger partial charge in [0.2, 0.25) is 0 Å². The molecule has 0 spiro atoms. The second-order valence-electron chi connectivity index (χ2n) is 4.41. The Morgan fingerprint density at radius 1 is 1.31 bits per heavy atom. The third-order valence-electron chi connectivity index (χ3n) is 3.07. The SMILES string of the molecule is C[C@H]1C[C@](C)(c2ccccc2)CN1. The van der Waals surface area contributed by atoms with Crippen LogP contribution in [0, 0.1) is 0 Å². The van der Waals surface area contributed by atoms with E-state index in [0.29, 0.717) is 11.5 Å². The van der Waals surface area contributed by atoms with E-state index in [4.69, 9.17) is 0 Å². The van der Waals surface area contributed by atoms with Gasteiger partial charge in [0.15, 0.2) is 0 Å². The van der Waals surface area contributed by atoms with E-state index in [2.05, 4.69) is 49.5 Å². The lowest BCUT2D eigenvalue weighted by Crippen LogP contribution is -2.24. The molecule has 1 N–H and O–H groups in total. The van der Waals surface area contributed by atoms with Gasteiger partial charge >= 0.3 is 0 Å². The Kier molecular flexibility index (Phi) is 2.12. The molecule has 2 atom stereocenters. The molecule has 0 unspecified atom stereocenters. The van der Waals surface area contributed by atoms with E-state index >= 15 is 0 Å². The molecule has 0 radical (unpaired) electrons. The van der Waals surface area contributed by atoms with Crippen molar-refractivity contribution in [3.8, 4) is 0 Å². The zero-order chi connectivity index (χ0) is 9.31. The maximum atomic E-state index is 3.51. The normalized spacial score (nSPS) is 33.5. The Morgan fingerprint density at radius 2 is 2.00 bits per heavy atom. The number of nitrogens with one attached hydrogen (secondary N) is 1. The van der Waals surface area contributed by atoms with Gasteiger partial charge < -0.3 is 5.32 Å². The second-order valence-corrected chi connectivity index (χ2v) is 4.41. The number of benzene rings is 1. The molecule has 2 rings (SSSR count). The van der Waals surface area contributed by atoms with Gasteiger partial charge in [0.1, 0.15) is 0 Å². The number of hydrogen-bond donors (Lipinski definition) is 1. The predicted octanol–water partition coefficient (Wildman–Crippen LogP) is 2.33. The molecule has 0 aromatic heterocycles. The van der Waals surface area contributed by atoms with Crippen molar-refractivity contribution in [1.29, 1.82) is 0 Å². The van der Waals surface area contributed by atoms with Gasteiger partial charge in [0.05, 0.1) is 0 Å². The van der Waals surface area contributed by atoms with Crippen LogP contribution in [-0.4, -0.2) is 12.6 Å². The summed E-state index contributed by atoms with van der Waals surface area (Å²) in [4.78, 5) is 0. The summed E-state index contributed by atoms with van der Waals surface area (Å²) >= 11 is 0. The lowest BCUT2D eigenvalue weighted by molar-refractivity contribution is 0.513. The largest absolute Gasteiger partial charge is 0.313 e. The Bertz CT molecular complexity index is 280. The summed E-state index contributed by atoms with van der Waals surface area (Å²) in [6.07, 6.45) is 1.25. The van der Waals surface area contributed by atoms with Gasteiger partial charge in [0, 0.05) is 18.0 Å². The van der Waals surface area contributed by atoms with Crippen molar-refractivity contribution in [2.45, 2.75) is 31.7 Å². The van der Waals surface area contributed by atoms with Crippen LogP contribution in [0.1, 0.15) is 25.8 Å². The molecule has 0 amide bonds. The molecule has 0 saturated carbocycles. The van der Waals surface area contributed by atoms with Crippen molar-refractivity contribution >= 4 is 0 Å². The fourth-order valence-corrected chi connectivity index (χ4v) is 2.28. The lowest BCUT2D eigenvalue weighted by atomic mass is 9.81. The highest BCUT2D eigenvalue weighted by molar-refractivity contribution is 5.26. The predicted molar refractivity (Wildman–Crippen MR) is 55.9 cm³/mol. The van der Waals surface area contributed by atoms with E-state index in [9.17, 15) is 0 Å². The minimum Gasteiger partial charge on any atom is -0.313 e. The average molecular weight is 175 g/mol. The highest BCUT2D eigenvalue weighted by atomic mass is 15.0. The first-order valence-corrected chi connectivity index (χ1v) is 5.00. The zero-order valence-corrected chi connectivity index (χ0v) is 8.38. The molecule has 13 heavy (non-hydrogen) atoms. The first kappa shape index (κ1) is 8.76. The summed E-state index contributed by atoms with van der Waals surface area (Å²) in [7, 11) is 0. The first-order chi connectivity index (χ1) is 6.21. The monoisotopic (exact) mass is 175 g/mol. The standard InChI is InChI=1S/C12H17N/c1-10-8-12(2,9-13-10)11-6-4-3-5-7-11/h3-7,10,13H,8-9H2,1-2H3/t10-,12-/m0/s1. The van der Waals surface area contributed by atoms with Crippen molar-refractivity contribution in [3.63, 3.8) is 0 Å². The molecule has 1 aliphatic rings. The van der Waals surface area contributed by atoms with E-state index in [1.54, 1.807) is 0 Å². The van der Waals surface area contributed by atoms with Gasteiger partial charge in [-0.3, -0.25) is 0 Å². The van der Waals surface area contributed by atoms with Gasteiger partial charge in [-0.15, -0.1) is 0 Å². The summed E-state index contributed by atoms with van der Waals surface area (Å²) < 4.78 is 0. The maximum Gasteiger partial charge on any atom is 0.00642 e. The van der Waals surface area contributed by atoms with Gasteiger partial charge in [0.25, 0.3) is 0 Å². The van der Waals surface area contributed by atoms with E-state index in [-0.39, 0.29) is 0 Å². The van der Waals surface area contributed by atoms with Crippen LogP contribution in [0.4, 0.5) is 0 Å². The smallest absolute Gasteiger partial charge is 0.00642 e. The molecule has 1 saturated heterocycles. The maximum absolute atomic E-state index is 3.51. The summed E-state index contributed by atoms with van der Waals surface area (Å²) in [5.74, 6) is 0. The van der Waals surface area contributed by atoms with E-state index < -0.39 is 0 Å². The summed E-state index contributed by atoms with van der Waals surface area (Å²) in [5, 5.41) is 3.51. The second kappa shape index (κ2) is 3.15. The molecule has 0 bridgehead atoms. The highest BCUT2D eigenvalue weighted by Gasteiger charge is 2.33. The van der Waals surface area contributed by atoms with Crippen molar-refractivity contribution in [2.24, 2.45) is 0 Å². The van der Waals surface area contributed by atoms with Crippen molar-refractivity contribution in [2.75, 3.05) is 6.54 Å². The van der Waals surface area contributed by atoms with Crippen LogP contribution in [-0.2, 0) is 5.41 Å². The molecule has 1 aromatic rings. The fraction of sp³-hybridized carbons (Fsp3) is 0.500. The van der Waals surface area contributed by atoms with E-state index in [1.807, 2.05) is 0 Å². The van der Waals surface area contributed by atoms with Crippen molar-refractivity contribution in [1.82, 2.24) is 5.32 Å². The zero-order valence-electron chi connectivity index (χ0n) is 8.38. The first-order valence-electron chi connectivity index (χ1n) is 5.00. The van der Waals surface area contributed by atoms with Crippen molar-refractivity contribution < 1.29 is 0 Å². The van der Waals surface area contributed by atoms with Gasteiger partial charge in [-0.05, 0) is 18.9 Å². The molecule has 1 heterocycles. The van der Waals surface area contributed by atoms with Crippen LogP contribution in [0.15, 0.2) is 30.3 Å². The molecule has 1 nitrogen and oxygen atoms in total. The van der Waals surface area contributed by atoms with Crippen LogP contribution in [0.2, 0.25) is 0 Å². The van der Waals surface area contributed by atoms with E-state index in [0.717, 1.165) is 6.54 Å².